The van der Waals surface area contributed by atoms with Gasteiger partial charge in [0.2, 0.25) is 0 Å². The summed E-state index contributed by atoms with van der Waals surface area (Å²) in [6, 6.07) is 0. The Morgan fingerprint density at radius 1 is 0.941 bits per heavy atom. The smallest absolute Gasteiger partial charge is 0.141 e. The van der Waals surface area contributed by atoms with Gasteiger partial charge in [-0.05, 0) is 26.9 Å². The number of unbranched alkanes of at least 4 members (excludes halogenated alkanes) is 5. The van der Waals surface area contributed by atoms with E-state index < -0.39 is 0 Å². The van der Waals surface area contributed by atoms with Crippen LogP contribution in [0.1, 0.15) is 52.4 Å². The van der Waals surface area contributed by atoms with Gasteiger partial charge in [0.1, 0.15) is 6.17 Å². The molecule has 1 atom stereocenters. The van der Waals surface area contributed by atoms with E-state index in [0.717, 1.165) is 4.48 Å². The van der Waals surface area contributed by atoms with Gasteiger partial charge in [-0.3, -0.25) is 4.90 Å². The van der Waals surface area contributed by atoms with Crippen LogP contribution in [0.5, 0.6) is 0 Å². The summed E-state index contributed by atoms with van der Waals surface area (Å²) in [4.78, 5) is 2.32. The Balaban J connectivity index is 0. The Morgan fingerprint density at radius 3 is 1.88 bits per heavy atom. The van der Waals surface area contributed by atoms with Crippen molar-refractivity contribution in [3.8, 4) is 0 Å². The molecule has 0 aliphatic heterocycles. The lowest BCUT2D eigenvalue weighted by molar-refractivity contribution is -0.924. The van der Waals surface area contributed by atoms with Gasteiger partial charge in [0.25, 0.3) is 0 Å². The zero-order valence-corrected chi connectivity index (χ0v) is 13.6. The van der Waals surface area contributed by atoms with Crippen molar-refractivity contribution in [3.63, 3.8) is 0 Å². The quantitative estimate of drug-likeness (QED) is 0.330. The van der Waals surface area contributed by atoms with Gasteiger partial charge in [-0.25, -0.2) is 0 Å². The molecule has 2 nitrogen and oxygen atoms in total. The van der Waals surface area contributed by atoms with E-state index in [1.165, 1.54) is 45.1 Å². The summed E-state index contributed by atoms with van der Waals surface area (Å²) >= 11 is 0. The van der Waals surface area contributed by atoms with Crippen LogP contribution >= 0.6 is 0 Å². The molecular weight excluding hydrogens is 232 g/mol. The Bertz CT molecular complexity index is 170. The van der Waals surface area contributed by atoms with E-state index in [1.54, 1.807) is 0 Å². The Labute approximate surface area is 115 Å². The van der Waals surface area contributed by atoms with Crippen molar-refractivity contribution in [1.29, 1.82) is 0 Å². The standard InChI is InChI=1S/C14H33N2.ClH/c1-7-8-9-10-11-12-13-16(5,6)14(2)15(3)4;/h14H,7-13H2,1-6H3;1H/q+1;/p-1. The third-order valence-corrected chi connectivity index (χ3v) is 3.85. The second kappa shape index (κ2) is 10.2. The van der Waals surface area contributed by atoms with E-state index in [4.69, 9.17) is 0 Å². The fourth-order valence-electron chi connectivity index (χ4n) is 2.11. The average Bonchev–Trinajstić information content (AvgIpc) is 2.22. The lowest BCUT2D eigenvalue weighted by atomic mass is 10.1. The van der Waals surface area contributed by atoms with E-state index >= 15 is 0 Å². The minimum absolute atomic E-state index is 0. The highest BCUT2D eigenvalue weighted by molar-refractivity contribution is 4.49. The molecule has 0 aromatic carbocycles. The highest BCUT2D eigenvalue weighted by atomic mass is 35.5. The summed E-state index contributed by atoms with van der Waals surface area (Å²) < 4.78 is 1.11. The molecule has 0 spiro atoms. The van der Waals surface area contributed by atoms with Crippen molar-refractivity contribution >= 4 is 0 Å². The van der Waals surface area contributed by atoms with Crippen LogP contribution in [-0.4, -0.2) is 50.3 Å². The van der Waals surface area contributed by atoms with Crippen LogP contribution in [0.4, 0.5) is 0 Å². The molecule has 0 saturated heterocycles. The molecule has 0 amide bonds. The first kappa shape index (κ1) is 19.5. The Hall–Kier alpha value is 0.210. The van der Waals surface area contributed by atoms with Gasteiger partial charge in [-0.1, -0.05) is 32.6 Å². The zero-order chi connectivity index (χ0) is 12.6. The van der Waals surface area contributed by atoms with Crippen molar-refractivity contribution < 1.29 is 16.9 Å². The summed E-state index contributed by atoms with van der Waals surface area (Å²) in [7, 11) is 9.03. The molecule has 0 radical (unpaired) electrons. The summed E-state index contributed by atoms with van der Waals surface area (Å²) in [5.74, 6) is 0. The van der Waals surface area contributed by atoms with Crippen molar-refractivity contribution in [3.05, 3.63) is 0 Å². The van der Waals surface area contributed by atoms with Crippen molar-refractivity contribution in [2.75, 3.05) is 34.7 Å². The molecule has 0 saturated carbocycles. The highest BCUT2D eigenvalue weighted by Crippen LogP contribution is 2.12. The lowest BCUT2D eigenvalue weighted by Gasteiger charge is -2.39. The SMILES string of the molecule is CCCCCCCC[N+](C)(C)C(C)N(C)C.[Cl-]. The fourth-order valence-corrected chi connectivity index (χ4v) is 2.11. The van der Waals surface area contributed by atoms with E-state index in [0.29, 0.717) is 6.17 Å². The molecule has 106 valence electrons. The molecule has 17 heavy (non-hydrogen) atoms. The largest absolute Gasteiger partial charge is 1.00 e. The molecule has 0 aliphatic rings. The molecule has 3 heteroatoms. The average molecular weight is 265 g/mol. The molecule has 0 N–H and O–H groups in total. The minimum Gasteiger partial charge on any atom is -1.00 e. The number of quaternary nitrogens is 1. The van der Waals surface area contributed by atoms with Crippen LogP contribution in [0.2, 0.25) is 0 Å². The van der Waals surface area contributed by atoms with Gasteiger partial charge in [0, 0.05) is 6.92 Å². The second-order valence-electron chi connectivity index (χ2n) is 5.87. The fraction of sp³-hybridized carbons (Fsp3) is 1.00. The van der Waals surface area contributed by atoms with Crippen LogP contribution in [0.15, 0.2) is 0 Å². The molecule has 0 aromatic heterocycles. The van der Waals surface area contributed by atoms with E-state index in [1.807, 2.05) is 0 Å². The predicted octanol–water partition coefficient (Wildman–Crippen LogP) is 0.335. The third kappa shape index (κ3) is 8.87. The van der Waals surface area contributed by atoms with Crippen LogP contribution in [0, 0.1) is 0 Å². The summed E-state index contributed by atoms with van der Waals surface area (Å²) in [6.07, 6.45) is 8.98. The molecule has 0 aromatic rings. The van der Waals surface area contributed by atoms with Crippen LogP contribution in [-0.2, 0) is 0 Å². The highest BCUT2D eigenvalue weighted by Gasteiger charge is 2.24. The molecule has 1 unspecified atom stereocenters. The van der Waals surface area contributed by atoms with Gasteiger partial charge in [0.05, 0.1) is 20.6 Å². The Kier molecular flexibility index (Phi) is 11.7. The first-order valence-corrected chi connectivity index (χ1v) is 6.91. The van der Waals surface area contributed by atoms with Crippen LogP contribution < -0.4 is 12.4 Å². The maximum atomic E-state index is 2.34. The number of hydrogen-bond donors (Lipinski definition) is 0. The number of rotatable bonds is 9. The molecule has 0 fully saturated rings. The van der Waals surface area contributed by atoms with Gasteiger partial charge in [-0.15, -0.1) is 0 Å². The van der Waals surface area contributed by atoms with Gasteiger partial charge in [-0.2, -0.15) is 0 Å². The first-order valence-electron chi connectivity index (χ1n) is 6.91. The summed E-state index contributed by atoms with van der Waals surface area (Å²) in [6.45, 7) is 5.89. The molecular formula is C14H33ClN2. The van der Waals surface area contributed by atoms with Crippen LogP contribution in [0.3, 0.4) is 0 Å². The summed E-state index contributed by atoms with van der Waals surface area (Å²) in [5, 5.41) is 0. The number of halogens is 1. The molecule has 0 rings (SSSR count). The molecule has 0 heterocycles. The van der Waals surface area contributed by atoms with Crippen molar-refractivity contribution in [2.45, 2.75) is 58.5 Å². The van der Waals surface area contributed by atoms with Gasteiger partial charge in [0.15, 0.2) is 0 Å². The minimum atomic E-state index is 0. The number of nitrogens with zero attached hydrogens (tertiary/aromatic N) is 2. The van der Waals surface area contributed by atoms with Crippen LogP contribution in [0.25, 0.3) is 0 Å². The van der Waals surface area contributed by atoms with Crippen molar-refractivity contribution in [1.82, 2.24) is 4.90 Å². The summed E-state index contributed by atoms with van der Waals surface area (Å²) in [5.41, 5.74) is 0. The zero-order valence-electron chi connectivity index (χ0n) is 12.8. The number of hydrogen-bond acceptors (Lipinski definition) is 1. The van der Waals surface area contributed by atoms with Gasteiger partial charge < -0.3 is 16.9 Å². The molecule has 0 bridgehead atoms. The van der Waals surface area contributed by atoms with Gasteiger partial charge >= 0.3 is 0 Å². The molecule has 0 aliphatic carbocycles. The maximum absolute atomic E-state index is 2.34. The maximum Gasteiger partial charge on any atom is 0.141 e. The van der Waals surface area contributed by atoms with E-state index in [2.05, 4.69) is 46.9 Å². The predicted molar refractivity (Wildman–Crippen MR) is 73.5 cm³/mol. The first-order chi connectivity index (χ1) is 7.41. The van der Waals surface area contributed by atoms with E-state index in [9.17, 15) is 0 Å². The van der Waals surface area contributed by atoms with E-state index in [-0.39, 0.29) is 12.4 Å². The third-order valence-electron chi connectivity index (χ3n) is 3.85. The lowest BCUT2D eigenvalue weighted by Crippen LogP contribution is -3.00. The monoisotopic (exact) mass is 264 g/mol. The Morgan fingerprint density at radius 2 is 1.41 bits per heavy atom. The second-order valence-corrected chi connectivity index (χ2v) is 5.87. The normalized spacial score (nSPS) is 13.6. The topological polar surface area (TPSA) is 3.24 Å². The van der Waals surface area contributed by atoms with Crippen molar-refractivity contribution in [2.24, 2.45) is 0 Å².